The van der Waals surface area contributed by atoms with Crippen LogP contribution in [-0.4, -0.2) is 28.7 Å². The Hall–Kier alpha value is -2.70. The van der Waals surface area contributed by atoms with Crippen molar-refractivity contribution in [1.82, 2.24) is 4.40 Å². The summed E-state index contributed by atoms with van der Waals surface area (Å²) >= 11 is 6.02. The normalized spacial score (nSPS) is 18.2. The molecule has 5 nitrogen and oxygen atoms in total. The van der Waals surface area contributed by atoms with Crippen molar-refractivity contribution < 1.29 is 19.0 Å². The molecule has 3 atom stereocenters. The minimum atomic E-state index is -0.698. The zero-order chi connectivity index (χ0) is 25.4. The molecular weight excluding hydrogens is 469 g/mol. The molecule has 0 radical (unpaired) electrons. The summed E-state index contributed by atoms with van der Waals surface area (Å²) in [5.74, 6) is -0.600. The molecule has 0 amide bonds. The van der Waals surface area contributed by atoms with Gasteiger partial charge in [-0.2, -0.15) is 0 Å². The highest BCUT2D eigenvalue weighted by molar-refractivity contribution is 6.30. The van der Waals surface area contributed by atoms with Gasteiger partial charge in [0.05, 0.1) is 23.8 Å². The highest BCUT2D eigenvalue weighted by atomic mass is 35.5. The van der Waals surface area contributed by atoms with Crippen molar-refractivity contribution in [3.63, 3.8) is 0 Å². The van der Waals surface area contributed by atoms with Gasteiger partial charge in [0.25, 0.3) is 5.56 Å². The third-order valence-corrected chi connectivity index (χ3v) is 7.36. The number of nitrogens with zero attached hydrogens (tertiary/aromatic N) is 1. The van der Waals surface area contributed by atoms with E-state index in [4.69, 9.17) is 16.3 Å². The molecule has 0 bridgehead atoms. The molecule has 1 aromatic carbocycles. The number of benzene rings is 1. The number of aliphatic hydroxyl groups is 1. The number of rotatable bonds is 8. The van der Waals surface area contributed by atoms with Gasteiger partial charge in [0.15, 0.2) is 0 Å². The van der Waals surface area contributed by atoms with E-state index in [-0.39, 0.29) is 42.1 Å². The van der Waals surface area contributed by atoms with Gasteiger partial charge in [-0.3, -0.25) is 9.20 Å². The highest BCUT2D eigenvalue weighted by Gasteiger charge is 2.36. The SMILES string of the molecule is CCOC(=O)c1cc([C@H](CO)C(C)C)c2cc(C3CC3C)c(Cc3cccc(Cl)c3F)cn2c1=O. The molecule has 0 saturated heterocycles. The quantitative estimate of drug-likeness (QED) is 0.403. The van der Waals surface area contributed by atoms with Gasteiger partial charge >= 0.3 is 5.97 Å². The molecule has 0 spiro atoms. The molecule has 1 fully saturated rings. The van der Waals surface area contributed by atoms with Crippen molar-refractivity contribution in [3.05, 3.63) is 85.5 Å². The smallest absolute Gasteiger partial charge is 0.343 e. The predicted octanol–water partition coefficient (Wildman–Crippen LogP) is 5.71. The topological polar surface area (TPSA) is 68.0 Å². The second-order valence-corrected chi connectivity index (χ2v) is 10.2. The first kappa shape index (κ1) is 25.4. The fraction of sp³-hybridized carbons (Fsp3) is 0.429. The largest absolute Gasteiger partial charge is 0.462 e. The van der Waals surface area contributed by atoms with E-state index in [9.17, 15) is 19.1 Å². The van der Waals surface area contributed by atoms with E-state index in [1.807, 2.05) is 19.9 Å². The average molecular weight is 500 g/mol. The first-order valence-corrected chi connectivity index (χ1v) is 12.5. The summed E-state index contributed by atoms with van der Waals surface area (Å²) in [6.45, 7) is 7.85. The number of carbonyl (C=O) groups is 1. The number of ether oxygens (including phenoxy) is 1. The summed E-state index contributed by atoms with van der Waals surface area (Å²) in [6, 6.07) is 8.47. The second kappa shape index (κ2) is 10.1. The van der Waals surface area contributed by atoms with Crippen LogP contribution in [-0.2, 0) is 11.2 Å². The van der Waals surface area contributed by atoms with Crippen LogP contribution in [0.2, 0.25) is 5.02 Å². The van der Waals surface area contributed by atoms with E-state index in [1.54, 1.807) is 31.3 Å². The molecule has 2 aromatic heterocycles. The molecule has 7 heteroatoms. The molecule has 0 aliphatic heterocycles. The zero-order valence-electron chi connectivity index (χ0n) is 20.5. The Bertz CT molecular complexity index is 1330. The number of fused-ring (bicyclic) bond motifs is 1. The van der Waals surface area contributed by atoms with E-state index in [0.717, 1.165) is 23.1 Å². The minimum Gasteiger partial charge on any atom is -0.462 e. The summed E-state index contributed by atoms with van der Waals surface area (Å²) in [5.41, 5.74) is 3.11. The van der Waals surface area contributed by atoms with Crippen LogP contribution in [0.25, 0.3) is 5.52 Å². The molecular formula is C28H31ClFNO4. The first-order chi connectivity index (χ1) is 16.7. The molecule has 2 unspecified atom stereocenters. The van der Waals surface area contributed by atoms with E-state index in [0.29, 0.717) is 22.9 Å². The highest BCUT2D eigenvalue weighted by Crippen LogP contribution is 2.49. The third-order valence-electron chi connectivity index (χ3n) is 7.07. The minimum absolute atomic E-state index is 0.0522. The molecule has 1 saturated carbocycles. The van der Waals surface area contributed by atoms with Crippen LogP contribution in [0.4, 0.5) is 4.39 Å². The molecule has 3 aromatic rings. The Labute approximate surface area is 209 Å². The van der Waals surface area contributed by atoms with Crippen molar-refractivity contribution in [2.75, 3.05) is 13.2 Å². The number of hydrogen-bond donors (Lipinski definition) is 1. The van der Waals surface area contributed by atoms with E-state index in [1.165, 1.54) is 10.5 Å². The van der Waals surface area contributed by atoms with Crippen molar-refractivity contribution in [2.45, 2.75) is 52.4 Å². The van der Waals surface area contributed by atoms with Gasteiger partial charge in [0, 0.05) is 18.5 Å². The summed E-state index contributed by atoms with van der Waals surface area (Å²) in [5, 5.41) is 10.2. The summed E-state index contributed by atoms with van der Waals surface area (Å²) < 4.78 is 21.4. The van der Waals surface area contributed by atoms with Crippen LogP contribution >= 0.6 is 11.6 Å². The summed E-state index contributed by atoms with van der Waals surface area (Å²) in [6.07, 6.45) is 2.99. The van der Waals surface area contributed by atoms with E-state index >= 15 is 0 Å². The second-order valence-electron chi connectivity index (χ2n) is 9.79. The Balaban J connectivity index is 2.00. The van der Waals surface area contributed by atoms with E-state index < -0.39 is 17.3 Å². The Morgan fingerprint density at radius 1 is 1.29 bits per heavy atom. The molecule has 2 heterocycles. The van der Waals surface area contributed by atoms with Gasteiger partial charge < -0.3 is 9.84 Å². The number of halogens is 2. The van der Waals surface area contributed by atoms with Crippen LogP contribution in [0.1, 0.15) is 78.6 Å². The van der Waals surface area contributed by atoms with Gasteiger partial charge in [-0.1, -0.05) is 44.5 Å². The lowest BCUT2D eigenvalue weighted by molar-refractivity contribution is 0.0523. The van der Waals surface area contributed by atoms with Gasteiger partial charge in [0.1, 0.15) is 11.4 Å². The summed E-state index contributed by atoms with van der Waals surface area (Å²) in [7, 11) is 0. The van der Waals surface area contributed by atoms with Crippen molar-refractivity contribution >= 4 is 23.1 Å². The standard InChI is InChI=1S/C28H31ClFNO4/c1-5-35-28(34)22-11-21(23(14-32)15(2)3)25-12-20(19-9-16(19)4)18(13-31(25)27(22)33)10-17-7-6-8-24(29)26(17)30/h6-8,11-13,15-16,19,23,32H,5,9-10,14H2,1-4H3/t16?,19?,23-/m1/s1. The molecule has 186 valence electrons. The first-order valence-electron chi connectivity index (χ1n) is 12.1. The van der Waals surface area contributed by atoms with Gasteiger partial charge in [-0.25, -0.2) is 9.18 Å². The fourth-order valence-corrected chi connectivity index (χ4v) is 5.07. The fourth-order valence-electron chi connectivity index (χ4n) is 4.88. The Morgan fingerprint density at radius 2 is 2.00 bits per heavy atom. The molecule has 1 aliphatic carbocycles. The van der Waals surface area contributed by atoms with Crippen molar-refractivity contribution in [3.8, 4) is 0 Å². The average Bonchev–Trinajstić information content (AvgIpc) is 3.54. The molecule has 4 rings (SSSR count). The number of pyridine rings is 2. The van der Waals surface area contributed by atoms with Crippen LogP contribution in [0.5, 0.6) is 0 Å². The van der Waals surface area contributed by atoms with Crippen LogP contribution < -0.4 is 5.56 Å². The monoisotopic (exact) mass is 499 g/mol. The third kappa shape index (κ3) is 4.87. The molecule has 1 N–H and O–H groups in total. The van der Waals surface area contributed by atoms with Crippen molar-refractivity contribution in [1.29, 1.82) is 0 Å². The maximum absolute atomic E-state index is 14.8. The van der Waals surface area contributed by atoms with Gasteiger partial charge in [-0.05, 0) is 71.6 Å². The Morgan fingerprint density at radius 3 is 2.60 bits per heavy atom. The Kier molecular flexibility index (Phi) is 7.34. The van der Waals surface area contributed by atoms with Crippen LogP contribution in [0.3, 0.4) is 0 Å². The van der Waals surface area contributed by atoms with Crippen LogP contribution in [0, 0.1) is 17.7 Å². The lowest BCUT2D eigenvalue weighted by atomic mass is 9.87. The zero-order valence-corrected chi connectivity index (χ0v) is 21.2. The summed E-state index contributed by atoms with van der Waals surface area (Å²) in [4.78, 5) is 26.1. The predicted molar refractivity (Wildman–Crippen MR) is 135 cm³/mol. The van der Waals surface area contributed by atoms with Crippen LogP contribution in [0.15, 0.2) is 41.3 Å². The number of aliphatic hydroxyl groups excluding tert-OH is 1. The number of aromatic nitrogens is 1. The maximum atomic E-state index is 14.8. The molecule has 35 heavy (non-hydrogen) atoms. The number of hydrogen-bond acceptors (Lipinski definition) is 4. The molecule has 1 aliphatic rings. The number of esters is 1. The van der Waals surface area contributed by atoms with Crippen molar-refractivity contribution in [2.24, 2.45) is 11.8 Å². The van der Waals surface area contributed by atoms with Gasteiger partial charge in [0.2, 0.25) is 0 Å². The number of carbonyl (C=O) groups excluding carboxylic acids is 1. The maximum Gasteiger partial charge on any atom is 0.343 e. The lowest BCUT2D eigenvalue weighted by Gasteiger charge is -2.23. The van der Waals surface area contributed by atoms with E-state index in [2.05, 4.69) is 6.92 Å². The van der Waals surface area contributed by atoms with Gasteiger partial charge in [-0.15, -0.1) is 0 Å². The lowest BCUT2D eigenvalue weighted by Crippen LogP contribution is -2.27.